The number of nitrogens with one attached hydrogen (secondary N) is 1. The van der Waals surface area contributed by atoms with Gasteiger partial charge < -0.3 is 5.32 Å². The quantitative estimate of drug-likeness (QED) is 0.798. The van der Waals surface area contributed by atoms with Crippen LogP contribution in [0.4, 0.5) is 13.2 Å². The van der Waals surface area contributed by atoms with Gasteiger partial charge in [-0.3, -0.25) is 0 Å². The highest BCUT2D eigenvalue weighted by molar-refractivity contribution is 5.29. The molecule has 17 heavy (non-hydrogen) atoms. The van der Waals surface area contributed by atoms with E-state index in [9.17, 15) is 13.2 Å². The number of hydrogen-bond donors (Lipinski definition) is 1. The summed E-state index contributed by atoms with van der Waals surface area (Å²) in [6.07, 6.45) is 1.62. The third kappa shape index (κ3) is 3.09. The van der Waals surface area contributed by atoms with Crippen molar-refractivity contribution in [3.05, 3.63) is 47.5 Å². The van der Waals surface area contributed by atoms with E-state index in [4.69, 9.17) is 0 Å². The topological polar surface area (TPSA) is 12.0 Å². The maximum atomic E-state index is 12.7. The summed E-state index contributed by atoms with van der Waals surface area (Å²) in [4.78, 5) is 0. The minimum atomic E-state index is -4.27. The summed E-state index contributed by atoms with van der Waals surface area (Å²) < 4.78 is 38.1. The first-order valence-electron chi connectivity index (χ1n) is 5.61. The molecule has 1 aromatic carbocycles. The van der Waals surface area contributed by atoms with Crippen LogP contribution in [0.1, 0.15) is 24.0 Å². The molecule has 0 atom stereocenters. The molecule has 2 rings (SSSR count). The van der Waals surface area contributed by atoms with Crippen molar-refractivity contribution in [2.24, 2.45) is 0 Å². The lowest BCUT2D eigenvalue weighted by Crippen LogP contribution is -2.26. The largest absolute Gasteiger partial charge is 0.416 e. The van der Waals surface area contributed by atoms with E-state index in [1.165, 1.54) is 12.1 Å². The average Bonchev–Trinajstić information content (AvgIpc) is 2.78. The predicted molar refractivity (Wildman–Crippen MR) is 60.4 cm³/mol. The van der Waals surface area contributed by atoms with Crippen LogP contribution in [0.3, 0.4) is 0 Å². The van der Waals surface area contributed by atoms with Crippen LogP contribution in [-0.2, 0) is 12.7 Å². The van der Waals surface area contributed by atoms with Crippen LogP contribution >= 0.6 is 0 Å². The zero-order valence-corrected chi connectivity index (χ0v) is 9.30. The van der Waals surface area contributed by atoms with E-state index in [2.05, 4.69) is 5.32 Å². The Hall–Kier alpha value is -1.29. The Morgan fingerprint density at radius 2 is 1.76 bits per heavy atom. The Labute approximate surface area is 98.3 Å². The van der Waals surface area contributed by atoms with Crippen molar-refractivity contribution in [1.82, 2.24) is 5.32 Å². The van der Waals surface area contributed by atoms with Gasteiger partial charge in [0, 0.05) is 12.6 Å². The second kappa shape index (κ2) is 4.92. The molecular formula is C13H14F3N. The SMILES string of the molecule is FC(F)(F)c1ccccc1CNC1CC=CC1. The minimum Gasteiger partial charge on any atom is -0.309 e. The van der Waals surface area contributed by atoms with E-state index in [1.807, 2.05) is 12.2 Å². The monoisotopic (exact) mass is 241 g/mol. The zero-order valence-electron chi connectivity index (χ0n) is 9.30. The molecule has 0 bridgehead atoms. The Morgan fingerprint density at radius 3 is 2.41 bits per heavy atom. The summed E-state index contributed by atoms with van der Waals surface area (Å²) in [5, 5.41) is 3.15. The van der Waals surface area contributed by atoms with E-state index in [0.717, 1.165) is 18.9 Å². The van der Waals surface area contributed by atoms with Crippen molar-refractivity contribution in [1.29, 1.82) is 0 Å². The van der Waals surface area contributed by atoms with Gasteiger partial charge in [-0.05, 0) is 24.5 Å². The van der Waals surface area contributed by atoms with Gasteiger partial charge in [-0.2, -0.15) is 13.2 Å². The predicted octanol–water partition coefficient (Wildman–Crippen LogP) is 3.51. The molecular weight excluding hydrogens is 227 g/mol. The van der Waals surface area contributed by atoms with Crippen molar-refractivity contribution in [2.45, 2.75) is 31.6 Å². The fraction of sp³-hybridized carbons (Fsp3) is 0.385. The summed E-state index contributed by atoms with van der Waals surface area (Å²) >= 11 is 0. The molecule has 0 amide bonds. The molecule has 1 N–H and O–H groups in total. The number of alkyl halides is 3. The van der Waals surface area contributed by atoms with Crippen LogP contribution in [0.25, 0.3) is 0 Å². The molecule has 4 heteroatoms. The van der Waals surface area contributed by atoms with E-state index in [1.54, 1.807) is 6.07 Å². The molecule has 92 valence electrons. The van der Waals surface area contributed by atoms with Gasteiger partial charge in [-0.15, -0.1) is 0 Å². The van der Waals surface area contributed by atoms with Crippen molar-refractivity contribution in [2.75, 3.05) is 0 Å². The maximum absolute atomic E-state index is 12.7. The molecule has 0 saturated carbocycles. The van der Waals surface area contributed by atoms with E-state index >= 15 is 0 Å². The molecule has 0 saturated heterocycles. The molecule has 0 fully saturated rings. The molecule has 1 aromatic rings. The van der Waals surface area contributed by atoms with Crippen LogP contribution in [0.5, 0.6) is 0 Å². The van der Waals surface area contributed by atoms with Crippen molar-refractivity contribution >= 4 is 0 Å². The second-order valence-corrected chi connectivity index (χ2v) is 4.18. The van der Waals surface area contributed by atoms with Gasteiger partial charge in [0.15, 0.2) is 0 Å². The van der Waals surface area contributed by atoms with E-state index < -0.39 is 11.7 Å². The van der Waals surface area contributed by atoms with Gasteiger partial charge in [0.05, 0.1) is 5.56 Å². The minimum absolute atomic E-state index is 0.266. The number of hydrogen-bond acceptors (Lipinski definition) is 1. The Balaban J connectivity index is 2.04. The number of rotatable bonds is 3. The van der Waals surface area contributed by atoms with E-state index in [-0.39, 0.29) is 12.6 Å². The molecule has 0 aromatic heterocycles. The summed E-state index contributed by atoms with van der Waals surface area (Å²) in [5.74, 6) is 0. The van der Waals surface area contributed by atoms with Crippen LogP contribution in [-0.4, -0.2) is 6.04 Å². The summed E-state index contributed by atoms with van der Waals surface area (Å²) in [7, 11) is 0. The zero-order chi connectivity index (χ0) is 12.3. The fourth-order valence-corrected chi connectivity index (χ4v) is 1.99. The lowest BCUT2D eigenvalue weighted by atomic mass is 10.1. The highest BCUT2D eigenvalue weighted by atomic mass is 19.4. The van der Waals surface area contributed by atoms with Crippen LogP contribution < -0.4 is 5.32 Å². The van der Waals surface area contributed by atoms with Crippen LogP contribution in [0.2, 0.25) is 0 Å². The van der Waals surface area contributed by atoms with Gasteiger partial charge in [-0.25, -0.2) is 0 Å². The average molecular weight is 241 g/mol. The molecule has 1 aliphatic rings. The molecule has 0 heterocycles. The third-order valence-corrected chi connectivity index (χ3v) is 2.91. The van der Waals surface area contributed by atoms with Gasteiger partial charge in [0.1, 0.15) is 0 Å². The van der Waals surface area contributed by atoms with Gasteiger partial charge >= 0.3 is 6.18 Å². The van der Waals surface area contributed by atoms with Gasteiger partial charge in [0.2, 0.25) is 0 Å². The van der Waals surface area contributed by atoms with Crippen molar-refractivity contribution < 1.29 is 13.2 Å². The summed E-state index contributed by atoms with van der Waals surface area (Å²) in [6, 6.07) is 5.99. The maximum Gasteiger partial charge on any atom is 0.416 e. The van der Waals surface area contributed by atoms with Crippen LogP contribution in [0.15, 0.2) is 36.4 Å². The molecule has 0 spiro atoms. The van der Waals surface area contributed by atoms with E-state index in [0.29, 0.717) is 5.56 Å². The normalized spacial score (nSPS) is 16.6. The third-order valence-electron chi connectivity index (χ3n) is 2.91. The van der Waals surface area contributed by atoms with Crippen molar-refractivity contribution in [3.63, 3.8) is 0 Å². The standard InChI is InChI=1S/C13H14F3N/c14-13(15,16)12-8-4-1-5-10(12)9-17-11-6-2-3-7-11/h1-5,8,11,17H,6-7,9H2. The first-order valence-corrected chi connectivity index (χ1v) is 5.61. The van der Waals surface area contributed by atoms with Gasteiger partial charge in [-0.1, -0.05) is 30.4 Å². The lowest BCUT2D eigenvalue weighted by Gasteiger charge is -2.16. The first-order chi connectivity index (χ1) is 8.07. The fourth-order valence-electron chi connectivity index (χ4n) is 1.99. The second-order valence-electron chi connectivity index (χ2n) is 4.18. The lowest BCUT2D eigenvalue weighted by molar-refractivity contribution is -0.138. The number of halogens is 3. The summed E-state index contributed by atoms with van der Waals surface area (Å²) in [6.45, 7) is 0.266. The molecule has 0 unspecified atom stereocenters. The smallest absolute Gasteiger partial charge is 0.309 e. The summed E-state index contributed by atoms with van der Waals surface area (Å²) in [5.41, 5.74) is -0.231. The van der Waals surface area contributed by atoms with Crippen LogP contribution in [0, 0.1) is 0 Å². The molecule has 1 nitrogen and oxygen atoms in total. The Kier molecular flexibility index (Phi) is 3.52. The van der Waals surface area contributed by atoms with Gasteiger partial charge in [0.25, 0.3) is 0 Å². The Bertz CT molecular complexity index is 401. The Morgan fingerprint density at radius 1 is 1.12 bits per heavy atom. The first kappa shape index (κ1) is 12.2. The molecule has 0 radical (unpaired) electrons. The molecule has 1 aliphatic carbocycles. The highest BCUT2D eigenvalue weighted by Gasteiger charge is 2.32. The molecule has 0 aliphatic heterocycles. The number of benzene rings is 1. The van der Waals surface area contributed by atoms with Crippen molar-refractivity contribution in [3.8, 4) is 0 Å². The highest BCUT2D eigenvalue weighted by Crippen LogP contribution is 2.31.